The van der Waals surface area contributed by atoms with Gasteiger partial charge in [0.05, 0.1) is 12.0 Å². The fourth-order valence-electron chi connectivity index (χ4n) is 3.33. The van der Waals surface area contributed by atoms with Gasteiger partial charge < -0.3 is 5.32 Å². The Labute approximate surface area is 147 Å². The van der Waals surface area contributed by atoms with Crippen LogP contribution in [0.1, 0.15) is 29.5 Å². The van der Waals surface area contributed by atoms with E-state index < -0.39 is 0 Å². The first kappa shape index (κ1) is 15.6. The molecule has 4 rings (SSSR count). The number of amides is 1. The van der Waals surface area contributed by atoms with E-state index in [1.54, 1.807) is 6.20 Å². The van der Waals surface area contributed by atoms with Gasteiger partial charge in [0.15, 0.2) is 0 Å². The lowest BCUT2D eigenvalue weighted by Crippen LogP contribution is -2.34. The second-order valence-corrected chi connectivity index (χ2v) is 6.60. The molecule has 3 aromatic rings. The van der Waals surface area contributed by atoms with Crippen LogP contribution in [0.3, 0.4) is 0 Å². The van der Waals surface area contributed by atoms with Gasteiger partial charge in [0.2, 0.25) is 5.91 Å². The second kappa shape index (κ2) is 6.55. The fourth-order valence-corrected chi connectivity index (χ4v) is 3.33. The maximum Gasteiger partial charge on any atom is 0.230 e. The topological polar surface area (TPSA) is 46.9 Å². The largest absolute Gasteiger partial charge is 0.351 e. The molecule has 1 aromatic heterocycles. The minimum atomic E-state index is -0.321. The van der Waals surface area contributed by atoms with E-state index >= 15 is 0 Å². The summed E-state index contributed by atoms with van der Waals surface area (Å²) in [6.07, 6.45) is 5.58. The molecule has 0 unspecified atom stereocenters. The summed E-state index contributed by atoms with van der Waals surface area (Å²) < 4.78 is 1.90. The second-order valence-electron chi connectivity index (χ2n) is 6.60. The number of aromatic nitrogens is 2. The third-order valence-electron chi connectivity index (χ3n) is 4.96. The van der Waals surface area contributed by atoms with Gasteiger partial charge >= 0.3 is 0 Å². The first-order chi connectivity index (χ1) is 12.3. The molecule has 1 aliphatic carbocycles. The Kier molecular flexibility index (Phi) is 4.10. The first-order valence-corrected chi connectivity index (χ1v) is 8.66. The highest BCUT2D eigenvalue weighted by Crippen LogP contribution is 2.48. The quantitative estimate of drug-likeness (QED) is 0.753. The average molecular weight is 331 g/mol. The summed E-state index contributed by atoms with van der Waals surface area (Å²) in [4.78, 5) is 12.8. The zero-order valence-electron chi connectivity index (χ0n) is 14.1. The number of nitrogens with zero attached hydrogens (tertiary/aromatic N) is 2. The van der Waals surface area contributed by atoms with Crippen LogP contribution in [0.5, 0.6) is 0 Å². The molecule has 4 nitrogen and oxygen atoms in total. The molecule has 0 bridgehead atoms. The van der Waals surface area contributed by atoms with Gasteiger partial charge in [-0.15, -0.1) is 0 Å². The van der Waals surface area contributed by atoms with Gasteiger partial charge in [-0.2, -0.15) is 5.10 Å². The van der Waals surface area contributed by atoms with E-state index in [9.17, 15) is 4.79 Å². The molecule has 1 aliphatic rings. The van der Waals surface area contributed by atoms with Crippen molar-refractivity contribution in [3.05, 3.63) is 89.7 Å². The van der Waals surface area contributed by atoms with E-state index in [1.807, 2.05) is 47.3 Å². The Hall–Kier alpha value is -2.88. The highest BCUT2D eigenvalue weighted by Gasteiger charge is 2.50. The number of hydrogen-bond donors (Lipinski definition) is 1. The van der Waals surface area contributed by atoms with Crippen LogP contribution in [0, 0.1) is 0 Å². The summed E-state index contributed by atoms with van der Waals surface area (Å²) in [5, 5.41) is 7.42. The predicted molar refractivity (Wildman–Crippen MR) is 97.0 cm³/mol. The molecule has 0 atom stereocenters. The van der Waals surface area contributed by atoms with Crippen LogP contribution >= 0.6 is 0 Å². The number of benzene rings is 2. The molecule has 1 N–H and O–H groups in total. The van der Waals surface area contributed by atoms with Gasteiger partial charge in [-0.25, -0.2) is 0 Å². The molecule has 126 valence electrons. The van der Waals surface area contributed by atoms with E-state index in [0.717, 1.165) is 24.0 Å². The lowest BCUT2D eigenvalue weighted by atomic mass is 9.95. The zero-order chi connectivity index (χ0) is 17.1. The molecule has 25 heavy (non-hydrogen) atoms. The van der Waals surface area contributed by atoms with E-state index in [2.05, 4.69) is 34.7 Å². The maximum absolute atomic E-state index is 12.8. The standard InChI is InChI=1S/C21H21N3O/c25-20(21(11-12-21)19-9-2-1-3-10-19)22-15-17-7-4-5-8-18(17)16-24-14-6-13-23-24/h1-10,13-14H,11-12,15-16H2,(H,22,25). The van der Waals surface area contributed by atoms with Crippen molar-refractivity contribution >= 4 is 5.91 Å². The number of hydrogen-bond acceptors (Lipinski definition) is 2. The molecule has 1 saturated carbocycles. The average Bonchev–Trinajstić information content (AvgIpc) is 3.32. The highest BCUT2D eigenvalue weighted by atomic mass is 16.2. The Morgan fingerprint density at radius 3 is 2.40 bits per heavy atom. The van der Waals surface area contributed by atoms with Crippen molar-refractivity contribution in [3.63, 3.8) is 0 Å². The molecule has 0 aliphatic heterocycles. The smallest absolute Gasteiger partial charge is 0.230 e. The lowest BCUT2D eigenvalue weighted by molar-refractivity contribution is -0.123. The summed E-state index contributed by atoms with van der Waals surface area (Å²) >= 11 is 0. The highest BCUT2D eigenvalue weighted by molar-refractivity contribution is 5.91. The molecular weight excluding hydrogens is 310 g/mol. The van der Waals surface area contributed by atoms with E-state index in [-0.39, 0.29) is 11.3 Å². The van der Waals surface area contributed by atoms with Crippen molar-refractivity contribution in [1.82, 2.24) is 15.1 Å². The van der Waals surface area contributed by atoms with Gasteiger partial charge in [-0.3, -0.25) is 9.48 Å². The minimum absolute atomic E-state index is 0.132. The van der Waals surface area contributed by atoms with Gasteiger partial charge in [-0.05, 0) is 35.6 Å². The van der Waals surface area contributed by atoms with E-state index in [0.29, 0.717) is 13.1 Å². The van der Waals surface area contributed by atoms with Crippen LogP contribution in [0.15, 0.2) is 73.1 Å². The summed E-state index contributed by atoms with van der Waals surface area (Å²) in [6, 6.07) is 20.2. The molecule has 1 heterocycles. The minimum Gasteiger partial charge on any atom is -0.351 e. The first-order valence-electron chi connectivity index (χ1n) is 8.66. The Bertz CT molecular complexity index is 852. The third-order valence-corrected chi connectivity index (χ3v) is 4.96. The number of nitrogens with one attached hydrogen (secondary N) is 1. The number of rotatable bonds is 6. The molecule has 0 saturated heterocycles. The molecule has 1 amide bonds. The molecule has 1 fully saturated rings. The van der Waals surface area contributed by atoms with Crippen LogP contribution in [0.4, 0.5) is 0 Å². The maximum atomic E-state index is 12.8. The van der Waals surface area contributed by atoms with Crippen molar-refractivity contribution in [2.24, 2.45) is 0 Å². The molecule has 0 radical (unpaired) electrons. The van der Waals surface area contributed by atoms with Gasteiger partial charge in [0, 0.05) is 18.9 Å². The van der Waals surface area contributed by atoms with Crippen LogP contribution in [0.2, 0.25) is 0 Å². The molecular formula is C21H21N3O. The summed E-state index contributed by atoms with van der Waals surface area (Å²) in [5.41, 5.74) is 3.11. The van der Waals surface area contributed by atoms with Crippen molar-refractivity contribution < 1.29 is 4.79 Å². The number of carbonyl (C=O) groups excluding carboxylic acids is 1. The van der Waals surface area contributed by atoms with Gasteiger partial charge in [0.1, 0.15) is 0 Å². The summed E-state index contributed by atoms with van der Waals surface area (Å²) in [6.45, 7) is 1.26. The Morgan fingerprint density at radius 1 is 1.00 bits per heavy atom. The lowest BCUT2D eigenvalue weighted by Gasteiger charge is -2.17. The summed E-state index contributed by atoms with van der Waals surface area (Å²) in [7, 11) is 0. The van der Waals surface area contributed by atoms with Crippen LogP contribution in [-0.4, -0.2) is 15.7 Å². The van der Waals surface area contributed by atoms with Crippen LogP contribution in [0.25, 0.3) is 0 Å². The predicted octanol–water partition coefficient (Wildman–Crippen LogP) is 3.28. The SMILES string of the molecule is O=C(NCc1ccccc1Cn1cccn1)C1(c2ccccc2)CC1. The fraction of sp³-hybridized carbons (Fsp3) is 0.238. The third kappa shape index (κ3) is 3.20. The van der Waals surface area contributed by atoms with E-state index in [1.165, 1.54) is 5.56 Å². The van der Waals surface area contributed by atoms with Crippen LogP contribution in [-0.2, 0) is 23.3 Å². The zero-order valence-corrected chi connectivity index (χ0v) is 14.1. The van der Waals surface area contributed by atoms with Crippen LogP contribution < -0.4 is 5.32 Å². The summed E-state index contributed by atoms with van der Waals surface area (Å²) in [5.74, 6) is 0.132. The Morgan fingerprint density at radius 2 is 1.72 bits per heavy atom. The van der Waals surface area contributed by atoms with Crippen molar-refractivity contribution in [1.29, 1.82) is 0 Å². The Balaban J connectivity index is 1.46. The van der Waals surface area contributed by atoms with Crippen molar-refractivity contribution in [2.45, 2.75) is 31.3 Å². The number of carbonyl (C=O) groups is 1. The van der Waals surface area contributed by atoms with E-state index in [4.69, 9.17) is 0 Å². The monoisotopic (exact) mass is 331 g/mol. The molecule has 2 aromatic carbocycles. The molecule has 4 heteroatoms. The normalized spacial score (nSPS) is 14.9. The molecule has 0 spiro atoms. The van der Waals surface area contributed by atoms with Gasteiger partial charge in [-0.1, -0.05) is 54.6 Å². The van der Waals surface area contributed by atoms with Gasteiger partial charge in [0.25, 0.3) is 0 Å². The van der Waals surface area contributed by atoms with Crippen molar-refractivity contribution in [3.8, 4) is 0 Å². The van der Waals surface area contributed by atoms with Crippen molar-refractivity contribution in [2.75, 3.05) is 0 Å².